The predicted octanol–water partition coefficient (Wildman–Crippen LogP) is 4.51. The highest BCUT2D eigenvalue weighted by molar-refractivity contribution is 6.30. The Bertz CT molecular complexity index is 1340. The van der Waals surface area contributed by atoms with Gasteiger partial charge < -0.3 is 18.9 Å². The zero-order valence-corrected chi connectivity index (χ0v) is 24.5. The summed E-state index contributed by atoms with van der Waals surface area (Å²) in [4.78, 5) is 31.5. The summed E-state index contributed by atoms with van der Waals surface area (Å²) in [6.45, 7) is 6.51. The number of hydrogen-bond acceptors (Lipinski definition) is 7. The number of rotatable bonds is 15. The number of aryl methyl sites for hydroxylation is 1. The van der Waals surface area contributed by atoms with Crippen LogP contribution in [0.1, 0.15) is 64.4 Å². The molecular weight excluding hydrogens is 536 g/mol. The van der Waals surface area contributed by atoms with Crippen LogP contribution in [0.2, 0.25) is 5.02 Å². The Morgan fingerprint density at radius 2 is 1.90 bits per heavy atom. The van der Waals surface area contributed by atoms with Crippen LogP contribution >= 0.6 is 11.6 Å². The molecule has 40 heavy (non-hydrogen) atoms. The van der Waals surface area contributed by atoms with Crippen LogP contribution < -0.4 is 16.0 Å². The quantitative estimate of drug-likeness (QED) is 0.246. The van der Waals surface area contributed by atoms with Gasteiger partial charge in [0.25, 0.3) is 11.6 Å². The molecule has 3 heterocycles. The van der Waals surface area contributed by atoms with Gasteiger partial charge in [0.15, 0.2) is 17.5 Å². The third-order valence-electron chi connectivity index (χ3n) is 7.10. The Kier molecular flexibility index (Phi) is 11.2. The van der Waals surface area contributed by atoms with Crippen LogP contribution in [0.4, 0.5) is 0 Å². The Morgan fingerprint density at radius 1 is 1.10 bits per heavy atom. The highest BCUT2D eigenvalue weighted by Gasteiger charge is 2.22. The van der Waals surface area contributed by atoms with Gasteiger partial charge in [0.05, 0.1) is 25.9 Å². The van der Waals surface area contributed by atoms with Crippen molar-refractivity contribution in [1.29, 1.82) is 0 Å². The first-order chi connectivity index (χ1) is 19.4. The van der Waals surface area contributed by atoms with Gasteiger partial charge in [-0.3, -0.25) is 18.5 Å². The minimum Gasteiger partial charge on any atom is -0.462 e. The van der Waals surface area contributed by atoms with Crippen LogP contribution in [0.3, 0.4) is 0 Å². The highest BCUT2D eigenvalue weighted by atomic mass is 35.5. The van der Waals surface area contributed by atoms with Crippen molar-refractivity contribution in [2.75, 3.05) is 26.4 Å². The molecule has 2 aromatic heterocycles. The number of hydrogen-bond donors (Lipinski definition) is 0. The highest BCUT2D eigenvalue weighted by Crippen LogP contribution is 2.21. The molecule has 0 radical (unpaired) electrons. The molecule has 0 N–H and O–H groups in total. The van der Waals surface area contributed by atoms with Crippen LogP contribution in [0, 0.1) is 0 Å². The lowest BCUT2D eigenvalue weighted by Crippen LogP contribution is -2.40. The molecule has 0 bridgehead atoms. The number of nitrogens with zero attached hydrogens (tertiary/aromatic N) is 4. The second kappa shape index (κ2) is 14.8. The van der Waals surface area contributed by atoms with E-state index in [2.05, 4.69) is 18.8 Å². The summed E-state index contributed by atoms with van der Waals surface area (Å²) in [5, 5.41) is 0.621. The van der Waals surface area contributed by atoms with Crippen molar-refractivity contribution in [3.8, 4) is 6.01 Å². The maximum atomic E-state index is 13.7. The number of aromatic nitrogens is 4. The van der Waals surface area contributed by atoms with Gasteiger partial charge in [0.2, 0.25) is 0 Å². The summed E-state index contributed by atoms with van der Waals surface area (Å²) < 4.78 is 27.7. The van der Waals surface area contributed by atoms with E-state index in [-0.39, 0.29) is 37.2 Å². The maximum Gasteiger partial charge on any atom is 0.332 e. The lowest BCUT2D eigenvalue weighted by atomic mass is 10.2. The topological polar surface area (TPSA) is 98.7 Å². The van der Waals surface area contributed by atoms with Gasteiger partial charge in [-0.2, -0.15) is 4.98 Å². The van der Waals surface area contributed by atoms with E-state index in [0.29, 0.717) is 43.3 Å². The average Bonchev–Trinajstić information content (AvgIpc) is 3.32. The van der Waals surface area contributed by atoms with Gasteiger partial charge in [0, 0.05) is 25.2 Å². The van der Waals surface area contributed by atoms with E-state index in [1.54, 1.807) is 23.7 Å². The number of fused-ring (bicyclic) bond motifs is 1. The second-order valence-corrected chi connectivity index (χ2v) is 10.7. The number of benzene rings is 1. The van der Waals surface area contributed by atoms with Gasteiger partial charge in [-0.25, -0.2) is 4.79 Å². The Hall–Kier alpha value is -2.66. The third-order valence-corrected chi connectivity index (χ3v) is 7.35. The molecule has 1 saturated heterocycles. The van der Waals surface area contributed by atoms with Crippen molar-refractivity contribution < 1.29 is 18.9 Å². The fraction of sp³-hybridized carbons (Fsp3) is 0.621. The minimum absolute atomic E-state index is 0.137. The van der Waals surface area contributed by atoms with Crippen LogP contribution in [-0.4, -0.2) is 57.5 Å². The Morgan fingerprint density at radius 3 is 2.62 bits per heavy atom. The second-order valence-electron chi connectivity index (χ2n) is 10.3. The molecule has 4 rings (SSSR count). The molecule has 10 nitrogen and oxygen atoms in total. The van der Waals surface area contributed by atoms with Gasteiger partial charge in [-0.15, -0.1) is 0 Å². The van der Waals surface area contributed by atoms with E-state index < -0.39 is 11.2 Å². The van der Waals surface area contributed by atoms with E-state index in [1.807, 2.05) is 12.1 Å². The number of imidazole rings is 1. The average molecular weight is 577 g/mol. The molecule has 11 heteroatoms. The smallest absolute Gasteiger partial charge is 0.332 e. The van der Waals surface area contributed by atoms with Crippen LogP contribution in [0.5, 0.6) is 6.01 Å². The van der Waals surface area contributed by atoms with Crippen LogP contribution in [0.15, 0.2) is 33.9 Å². The molecule has 220 valence electrons. The zero-order chi connectivity index (χ0) is 28.5. The molecule has 0 amide bonds. The van der Waals surface area contributed by atoms with E-state index in [1.165, 1.54) is 9.13 Å². The zero-order valence-electron chi connectivity index (χ0n) is 23.8. The van der Waals surface area contributed by atoms with Gasteiger partial charge in [-0.1, -0.05) is 43.5 Å². The third kappa shape index (κ3) is 7.75. The largest absolute Gasteiger partial charge is 0.462 e. The van der Waals surface area contributed by atoms with Gasteiger partial charge in [-0.05, 0) is 56.7 Å². The molecule has 1 aliphatic heterocycles. The fourth-order valence-electron chi connectivity index (χ4n) is 4.82. The molecule has 1 aromatic carbocycles. The monoisotopic (exact) mass is 576 g/mol. The lowest BCUT2D eigenvalue weighted by molar-refractivity contribution is -0.163. The van der Waals surface area contributed by atoms with Crippen molar-refractivity contribution in [1.82, 2.24) is 18.7 Å². The SMILES string of the molecule is CCCCC(C)OCCOc1nc2c(c(=O)n(CCCOC3CCCCO3)c(=O)n2C)n1Cc1ccc(Cl)cc1. The summed E-state index contributed by atoms with van der Waals surface area (Å²) in [5.74, 6) is 0. The number of halogens is 1. The van der Waals surface area contributed by atoms with Gasteiger partial charge in [0.1, 0.15) is 6.61 Å². The van der Waals surface area contributed by atoms with E-state index in [0.717, 1.165) is 44.1 Å². The molecule has 2 unspecified atom stereocenters. The first-order valence-corrected chi connectivity index (χ1v) is 14.7. The van der Waals surface area contributed by atoms with Crippen molar-refractivity contribution in [2.24, 2.45) is 7.05 Å². The molecule has 3 aromatic rings. The number of unbranched alkanes of at least 4 members (excludes halogenated alkanes) is 1. The van der Waals surface area contributed by atoms with Crippen molar-refractivity contribution >= 4 is 22.8 Å². The van der Waals surface area contributed by atoms with E-state index in [9.17, 15) is 9.59 Å². The minimum atomic E-state index is -0.429. The summed E-state index contributed by atoms with van der Waals surface area (Å²) in [6, 6.07) is 7.64. The molecular formula is C29H41ClN4O6. The fourth-order valence-corrected chi connectivity index (χ4v) is 4.94. The normalized spacial score (nSPS) is 16.4. The summed E-state index contributed by atoms with van der Waals surface area (Å²) in [7, 11) is 1.62. The molecule has 0 saturated carbocycles. The van der Waals surface area contributed by atoms with E-state index >= 15 is 0 Å². The lowest BCUT2D eigenvalue weighted by Gasteiger charge is -2.22. The van der Waals surface area contributed by atoms with Crippen molar-refractivity contribution in [2.45, 2.75) is 84.3 Å². The summed E-state index contributed by atoms with van der Waals surface area (Å²) in [5.41, 5.74) is 0.661. The maximum absolute atomic E-state index is 13.7. The van der Waals surface area contributed by atoms with Crippen molar-refractivity contribution in [3.05, 3.63) is 55.7 Å². The summed E-state index contributed by atoms with van der Waals surface area (Å²) >= 11 is 6.09. The van der Waals surface area contributed by atoms with Crippen LogP contribution in [0.25, 0.3) is 11.2 Å². The molecule has 1 fully saturated rings. The molecule has 1 aliphatic rings. The molecule has 0 spiro atoms. The Labute approximate surface area is 239 Å². The first-order valence-electron chi connectivity index (χ1n) is 14.3. The first kappa shape index (κ1) is 30.3. The van der Waals surface area contributed by atoms with E-state index in [4.69, 9.17) is 30.5 Å². The molecule has 0 aliphatic carbocycles. The van der Waals surface area contributed by atoms with Crippen LogP contribution in [-0.2, 0) is 34.3 Å². The predicted molar refractivity (Wildman–Crippen MR) is 154 cm³/mol. The standard InChI is InChI=1S/C29H41ClN4O6/c1-4-5-9-21(2)37-18-19-40-28-31-26-25(34(28)20-22-11-13-23(30)14-12-22)27(35)33(29(36)32(26)3)15-8-17-39-24-10-6-7-16-38-24/h11-14,21,24H,4-10,15-20H2,1-3H3. The summed E-state index contributed by atoms with van der Waals surface area (Å²) in [6.07, 6.45) is 6.64. The van der Waals surface area contributed by atoms with Gasteiger partial charge >= 0.3 is 5.69 Å². The molecule has 2 atom stereocenters. The number of ether oxygens (including phenoxy) is 4. The van der Waals surface area contributed by atoms with Crippen molar-refractivity contribution in [3.63, 3.8) is 0 Å². The Balaban J connectivity index is 1.57.